The maximum atomic E-state index is 13.3. The van der Waals surface area contributed by atoms with Gasteiger partial charge in [-0.2, -0.15) is 0 Å². The second-order valence-corrected chi connectivity index (χ2v) is 7.43. The number of nitrogens with one attached hydrogen (secondary N) is 1. The van der Waals surface area contributed by atoms with E-state index in [1.54, 1.807) is 0 Å². The first kappa shape index (κ1) is 15.7. The molecule has 6 nitrogen and oxygen atoms in total. The lowest BCUT2D eigenvalue weighted by atomic mass is 9.94. The number of nitrogens with zero attached hydrogens (tertiary/aromatic N) is 3. The molecular formula is C18H26N4O2. The predicted molar refractivity (Wildman–Crippen MR) is 93.6 cm³/mol. The molecule has 0 amide bonds. The van der Waals surface area contributed by atoms with Crippen LogP contribution < -0.4 is 11.2 Å². The molecule has 4 rings (SSSR count). The van der Waals surface area contributed by atoms with E-state index < -0.39 is 0 Å². The summed E-state index contributed by atoms with van der Waals surface area (Å²) in [6.45, 7) is 1.85. The number of rotatable bonds is 2. The maximum Gasteiger partial charge on any atom is 0.333 e. The average Bonchev–Trinajstić information content (AvgIpc) is 2.98. The van der Waals surface area contributed by atoms with E-state index in [9.17, 15) is 9.59 Å². The number of imidazole rings is 1. The van der Waals surface area contributed by atoms with Crippen LogP contribution in [0.2, 0.25) is 0 Å². The third-order valence-corrected chi connectivity index (χ3v) is 5.76. The van der Waals surface area contributed by atoms with Crippen LogP contribution in [0.5, 0.6) is 0 Å². The first-order valence-electron chi connectivity index (χ1n) is 9.40. The zero-order valence-electron chi connectivity index (χ0n) is 14.4. The number of aromatic nitrogens is 4. The smallest absolute Gasteiger partial charge is 0.333 e. The maximum absolute atomic E-state index is 13.3. The normalized spacial score (nSPS) is 20.7. The first-order chi connectivity index (χ1) is 11.7. The van der Waals surface area contributed by atoms with Gasteiger partial charge in [0.25, 0.3) is 5.56 Å². The van der Waals surface area contributed by atoms with Gasteiger partial charge in [0.1, 0.15) is 11.3 Å². The molecular weight excluding hydrogens is 304 g/mol. The van der Waals surface area contributed by atoms with E-state index in [0.29, 0.717) is 17.0 Å². The molecule has 0 saturated heterocycles. The molecule has 2 fully saturated rings. The number of aryl methyl sites for hydroxylation is 1. The molecule has 2 aliphatic rings. The summed E-state index contributed by atoms with van der Waals surface area (Å²) < 4.78 is 3.36. The summed E-state index contributed by atoms with van der Waals surface area (Å²) in [5, 5.41) is 0. The van der Waals surface area contributed by atoms with E-state index in [4.69, 9.17) is 0 Å². The average molecular weight is 330 g/mol. The fourth-order valence-corrected chi connectivity index (χ4v) is 4.55. The highest BCUT2D eigenvalue weighted by Crippen LogP contribution is 2.30. The van der Waals surface area contributed by atoms with Crippen LogP contribution in [0.15, 0.2) is 9.59 Å². The fourth-order valence-electron chi connectivity index (χ4n) is 4.55. The topological polar surface area (TPSA) is 72.7 Å². The standard InChI is InChI=1S/C18H26N4O2/c1-12-19-15-16(20-12)21(13-8-4-2-5-9-13)18(24)22(17(15)23)14-10-6-3-7-11-14/h13-14H,2-11H2,1H3,(H,19,20). The van der Waals surface area contributed by atoms with Crippen LogP contribution in [0, 0.1) is 6.92 Å². The van der Waals surface area contributed by atoms with Crippen LogP contribution in [0.25, 0.3) is 11.2 Å². The van der Waals surface area contributed by atoms with E-state index in [1.807, 2.05) is 11.5 Å². The monoisotopic (exact) mass is 330 g/mol. The molecule has 6 heteroatoms. The molecule has 2 heterocycles. The van der Waals surface area contributed by atoms with Crippen LogP contribution in [0.4, 0.5) is 0 Å². The van der Waals surface area contributed by atoms with Crippen molar-refractivity contribution in [3.8, 4) is 0 Å². The second-order valence-electron chi connectivity index (χ2n) is 7.43. The molecule has 0 radical (unpaired) electrons. The molecule has 2 aromatic heterocycles. The number of hydrogen-bond acceptors (Lipinski definition) is 3. The zero-order valence-corrected chi connectivity index (χ0v) is 14.4. The Balaban J connectivity index is 1.95. The van der Waals surface area contributed by atoms with E-state index in [1.165, 1.54) is 17.4 Å². The number of hydrogen-bond donors (Lipinski definition) is 1. The molecule has 130 valence electrons. The van der Waals surface area contributed by atoms with E-state index in [-0.39, 0.29) is 23.3 Å². The summed E-state index contributed by atoms with van der Waals surface area (Å²) in [7, 11) is 0. The summed E-state index contributed by atoms with van der Waals surface area (Å²) in [6.07, 6.45) is 10.8. The number of H-pyrrole nitrogens is 1. The SMILES string of the molecule is Cc1nc2c([nH]1)c(=O)n(C1CCCCC1)c(=O)n2C1CCCCC1. The molecule has 0 bridgehead atoms. The Kier molecular flexibility index (Phi) is 4.06. The van der Waals surface area contributed by atoms with Gasteiger partial charge in [0.05, 0.1) is 0 Å². The Bertz CT molecular complexity index is 848. The Morgan fingerprint density at radius 3 is 2.00 bits per heavy atom. The minimum Gasteiger partial charge on any atom is -0.336 e. The van der Waals surface area contributed by atoms with Gasteiger partial charge in [-0.05, 0) is 32.6 Å². The van der Waals surface area contributed by atoms with Gasteiger partial charge in [0.15, 0.2) is 5.65 Å². The van der Waals surface area contributed by atoms with Gasteiger partial charge in [-0.15, -0.1) is 0 Å². The van der Waals surface area contributed by atoms with E-state index >= 15 is 0 Å². The number of fused-ring (bicyclic) bond motifs is 1. The van der Waals surface area contributed by atoms with Gasteiger partial charge in [-0.3, -0.25) is 13.9 Å². The van der Waals surface area contributed by atoms with Crippen molar-refractivity contribution in [2.45, 2.75) is 83.2 Å². The van der Waals surface area contributed by atoms with Gasteiger partial charge >= 0.3 is 5.69 Å². The quantitative estimate of drug-likeness (QED) is 0.919. The lowest BCUT2D eigenvalue weighted by molar-refractivity contribution is 0.306. The molecule has 0 aliphatic heterocycles. The van der Waals surface area contributed by atoms with Gasteiger partial charge in [-0.1, -0.05) is 38.5 Å². The van der Waals surface area contributed by atoms with Crippen molar-refractivity contribution in [3.05, 3.63) is 26.7 Å². The minimum atomic E-state index is -0.186. The Labute approximate surface area is 140 Å². The van der Waals surface area contributed by atoms with Crippen molar-refractivity contribution in [3.63, 3.8) is 0 Å². The lowest BCUT2D eigenvalue weighted by Gasteiger charge is -2.28. The number of aromatic amines is 1. The Morgan fingerprint density at radius 1 is 0.875 bits per heavy atom. The third kappa shape index (κ3) is 2.52. The van der Waals surface area contributed by atoms with Gasteiger partial charge in [0, 0.05) is 12.1 Å². The van der Waals surface area contributed by atoms with Crippen molar-refractivity contribution < 1.29 is 0 Å². The first-order valence-corrected chi connectivity index (χ1v) is 9.40. The van der Waals surface area contributed by atoms with Crippen LogP contribution >= 0.6 is 0 Å². The van der Waals surface area contributed by atoms with Crippen molar-refractivity contribution >= 4 is 11.2 Å². The van der Waals surface area contributed by atoms with E-state index in [0.717, 1.165) is 51.4 Å². The van der Waals surface area contributed by atoms with Gasteiger partial charge in [0.2, 0.25) is 0 Å². The summed E-state index contributed by atoms with van der Waals surface area (Å²) in [6, 6.07) is 0.216. The van der Waals surface area contributed by atoms with Crippen LogP contribution in [-0.4, -0.2) is 19.1 Å². The van der Waals surface area contributed by atoms with Crippen LogP contribution in [0.1, 0.15) is 82.1 Å². The summed E-state index contributed by atoms with van der Waals surface area (Å²) in [5.74, 6) is 0.701. The molecule has 2 aliphatic carbocycles. The molecule has 0 spiro atoms. The third-order valence-electron chi connectivity index (χ3n) is 5.76. The fraction of sp³-hybridized carbons (Fsp3) is 0.722. The predicted octanol–water partition coefficient (Wildman–Crippen LogP) is 3.21. The minimum absolute atomic E-state index is 0.0431. The van der Waals surface area contributed by atoms with Crippen molar-refractivity contribution in [2.24, 2.45) is 0 Å². The van der Waals surface area contributed by atoms with Crippen LogP contribution in [0.3, 0.4) is 0 Å². The molecule has 2 saturated carbocycles. The highest BCUT2D eigenvalue weighted by molar-refractivity contribution is 5.70. The summed E-state index contributed by atoms with van der Waals surface area (Å²) >= 11 is 0. The Morgan fingerprint density at radius 2 is 1.42 bits per heavy atom. The molecule has 0 unspecified atom stereocenters. The molecule has 24 heavy (non-hydrogen) atoms. The van der Waals surface area contributed by atoms with Crippen molar-refractivity contribution in [1.82, 2.24) is 19.1 Å². The van der Waals surface area contributed by atoms with Gasteiger partial charge < -0.3 is 4.98 Å². The zero-order chi connectivity index (χ0) is 16.7. The molecule has 0 aromatic carbocycles. The van der Waals surface area contributed by atoms with Crippen LogP contribution in [-0.2, 0) is 0 Å². The molecule has 1 N–H and O–H groups in total. The molecule has 2 aromatic rings. The molecule has 0 atom stereocenters. The largest absolute Gasteiger partial charge is 0.336 e. The van der Waals surface area contributed by atoms with Crippen molar-refractivity contribution in [2.75, 3.05) is 0 Å². The Hall–Kier alpha value is -1.85. The summed E-state index contributed by atoms with van der Waals surface area (Å²) in [4.78, 5) is 33.9. The highest BCUT2D eigenvalue weighted by Gasteiger charge is 2.27. The van der Waals surface area contributed by atoms with E-state index in [2.05, 4.69) is 9.97 Å². The second kappa shape index (κ2) is 6.22. The lowest BCUT2D eigenvalue weighted by Crippen LogP contribution is -2.44. The van der Waals surface area contributed by atoms with Crippen molar-refractivity contribution in [1.29, 1.82) is 0 Å². The highest BCUT2D eigenvalue weighted by atomic mass is 16.2. The van der Waals surface area contributed by atoms with Gasteiger partial charge in [-0.25, -0.2) is 9.78 Å². The summed E-state index contributed by atoms with van der Waals surface area (Å²) in [5.41, 5.74) is 0.733.